The van der Waals surface area contributed by atoms with Crippen LogP contribution in [0.25, 0.3) is 0 Å². The van der Waals surface area contributed by atoms with Crippen molar-refractivity contribution in [1.29, 1.82) is 0 Å². The van der Waals surface area contributed by atoms with Crippen LogP contribution in [0, 0.1) is 11.7 Å². The zero-order valence-electron chi connectivity index (χ0n) is 10.5. The molecule has 1 aliphatic heterocycles. The van der Waals surface area contributed by atoms with E-state index < -0.39 is 5.82 Å². The lowest BCUT2D eigenvalue weighted by Crippen LogP contribution is -2.31. The predicted molar refractivity (Wildman–Crippen MR) is 67.0 cm³/mol. The molecule has 2 atom stereocenters. The molecule has 1 saturated heterocycles. The molecular formula is C14H18FNO2. The second-order valence-electron chi connectivity index (χ2n) is 4.95. The second kappa shape index (κ2) is 5.59. The van der Waals surface area contributed by atoms with E-state index in [9.17, 15) is 14.3 Å². The molecule has 1 N–H and O–H groups in total. The SMILES string of the molecule is CC(CN1CCC(O)C1)C(=O)c1ccccc1F. The van der Waals surface area contributed by atoms with Crippen LogP contribution in [0.3, 0.4) is 0 Å². The third-order valence-electron chi connectivity index (χ3n) is 3.37. The lowest BCUT2D eigenvalue weighted by molar-refractivity contribution is 0.0890. The van der Waals surface area contributed by atoms with E-state index in [-0.39, 0.29) is 23.4 Å². The second-order valence-corrected chi connectivity index (χ2v) is 4.95. The first-order valence-corrected chi connectivity index (χ1v) is 6.27. The molecule has 0 radical (unpaired) electrons. The molecule has 4 heteroatoms. The van der Waals surface area contributed by atoms with Gasteiger partial charge in [-0.05, 0) is 18.6 Å². The van der Waals surface area contributed by atoms with Crippen LogP contribution in [0.1, 0.15) is 23.7 Å². The molecule has 98 valence electrons. The summed E-state index contributed by atoms with van der Waals surface area (Å²) >= 11 is 0. The summed E-state index contributed by atoms with van der Waals surface area (Å²) in [4.78, 5) is 14.2. The van der Waals surface area contributed by atoms with Gasteiger partial charge in [0.1, 0.15) is 5.82 Å². The van der Waals surface area contributed by atoms with Gasteiger partial charge in [0.05, 0.1) is 11.7 Å². The van der Waals surface area contributed by atoms with Crippen LogP contribution >= 0.6 is 0 Å². The minimum absolute atomic E-state index is 0.157. The van der Waals surface area contributed by atoms with E-state index in [1.165, 1.54) is 12.1 Å². The Morgan fingerprint density at radius 1 is 1.56 bits per heavy atom. The summed E-state index contributed by atoms with van der Waals surface area (Å²) in [6, 6.07) is 6.07. The van der Waals surface area contributed by atoms with Gasteiger partial charge in [-0.1, -0.05) is 19.1 Å². The van der Waals surface area contributed by atoms with Crippen LogP contribution in [0.4, 0.5) is 4.39 Å². The van der Waals surface area contributed by atoms with Crippen molar-refractivity contribution < 1.29 is 14.3 Å². The summed E-state index contributed by atoms with van der Waals surface area (Å²) in [5.74, 6) is -0.891. The highest BCUT2D eigenvalue weighted by atomic mass is 19.1. The van der Waals surface area contributed by atoms with Crippen molar-refractivity contribution in [3.8, 4) is 0 Å². The third kappa shape index (κ3) is 2.94. The van der Waals surface area contributed by atoms with Crippen LogP contribution < -0.4 is 0 Å². The Balaban J connectivity index is 1.99. The fourth-order valence-corrected chi connectivity index (χ4v) is 2.37. The topological polar surface area (TPSA) is 40.5 Å². The molecule has 2 rings (SSSR count). The number of hydrogen-bond donors (Lipinski definition) is 1. The lowest BCUT2D eigenvalue weighted by Gasteiger charge is -2.19. The van der Waals surface area contributed by atoms with Crippen LogP contribution in [-0.4, -0.2) is 41.5 Å². The van der Waals surface area contributed by atoms with Crippen molar-refractivity contribution in [3.63, 3.8) is 0 Å². The molecule has 0 aliphatic carbocycles. The normalized spacial score (nSPS) is 22.1. The van der Waals surface area contributed by atoms with Gasteiger partial charge in [0.25, 0.3) is 0 Å². The van der Waals surface area contributed by atoms with Crippen molar-refractivity contribution in [2.24, 2.45) is 5.92 Å². The summed E-state index contributed by atoms with van der Waals surface area (Å²) in [7, 11) is 0. The molecule has 3 nitrogen and oxygen atoms in total. The Hall–Kier alpha value is -1.26. The van der Waals surface area contributed by atoms with Crippen LogP contribution in [0.15, 0.2) is 24.3 Å². The standard InChI is InChI=1S/C14H18FNO2/c1-10(8-16-7-6-11(17)9-16)14(18)12-4-2-3-5-13(12)15/h2-5,10-11,17H,6-9H2,1H3. The number of ketones is 1. The van der Waals surface area contributed by atoms with Crippen molar-refractivity contribution in [3.05, 3.63) is 35.6 Å². The molecule has 1 heterocycles. The molecule has 1 aromatic carbocycles. The maximum absolute atomic E-state index is 13.5. The fourth-order valence-electron chi connectivity index (χ4n) is 2.37. The van der Waals surface area contributed by atoms with Gasteiger partial charge in [-0.15, -0.1) is 0 Å². The molecule has 0 bridgehead atoms. The summed E-state index contributed by atoms with van der Waals surface area (Å²) < 4.78 is 13.5. The average molecular weight is 251 g/mol. The molecule has 0 aromatic heterocycles. The van der Waals surface area contributed by atoms with Gasteiger partial charge in [-0.25, -0.2) is 4.39 Å². The van der Waals surface area contributed by atoms with Gasteiger partial charge in [-0.3, -0.25) is 9.69 Å². The number of nitrogens with zero attached hydrogens (tertiary/aromatic N) is 1. The number of hydrogen-bond acceptors (Lipinski definition) is 3. The highest BCUT2D eigenvalue weighted by Gasteiger charge is 2.25. The van der Waals surface area contributed by atoms with Crippen LogP contribution in [-0.2, 0) is 0 Å². The van der Waals surface area contributed by atoms with E-state index >= 15 is 0 Å². The monoisotopic (exact) mass is 251 g/mol. The Bertz CT molecular complexity index is 436. The van der Waals surface area contributed by atoms with E-state index in [0.717, 1.165) is 13.0 Å². The number of likely N-dealkylation sites (tertiary alicyclic amines) is 1. The number of carbonyl (C=O) groups is 1. The molecule has 1 aromatic rings. The van der Waals surface area contributed by atoms with Gasteiger partial charge in [0.15, 0.2) is 5.78 Å². The summed E-state index contributed by atoms with van der Waals surface area (Å²) in [6.07, 6.45) is 0.460. The molecule has 1 aliphatic rings. The predicted octanol–water partition coefficient (Wildman–Crippen LogP) is 1.71. The molecular weight excluding hydrogens is 233 g/mol. The maximum atomic E-state index is 13.5. The number of β-amino-alcohol motifs (C(OH)–C–C–N with tert-alkyl or cyclic N) is 1. The number of benzene rings is 1. The minimum atomic E-state index is -0.462. The summed E-state index contributed by atoms with van der Waals surface area (Å²) in [6.45, 7) is 3.79. The highest BCUT2D eigenvalue weighted by molar-refractivity contribution is 5.98. The largest absolute Gasteiger partial charge is 0.392 e. The number of carbonyl (C=O) groups excluding carboxylic acids is 1. The molecule has 0 spiro atoms. The van der Waals surface area contributed by atoms with Gasteiger partial charge in [-0.2, -0.15) is 0 Å². The van der Waals surface area contributed by atoms with Crippen LogP contribution in [0.2, 0.25) is 0 Å². The first-order valence-electron chi connectivity index (χ1n) is 6.27. The van der Waals surface area contributed by atoms with E-state index in [1.54, 1.807) is 19.1 Å². The smallest absolute Gasteiger partial charge is 0.169 e. The number of halogens is 1. The van der Waals surface area contributed by atoms with Gasteiger partial charge in [0, 0.05) is 25.6 Å². The Morgan fingerprint density at radius 3 is 2.89 bits per heavy atom. The number of aliphatic hydroxyl groups excluding tert-OH is 1. The molecule has 18 heavy (non-hydrogen) atoms. The van der Waals surface area contributed by atoms with E-state index in [1.807, 2.05) is 4.90 Å². The minimum Gasteiger partial charge on any atom is -0.392 e. The number of Topliss-reactive ketones (excluding diaryl/α,β-unsaturated/α-hetero) is 1. The molecule has 0 saturated carbocycles. The number of aliphatic hydroxyl groups is 1. The summed E-state index contributed by atoms with van der Waals surface area (Å²) in [5, 5.41) is 9.43. The van der Waals surface area contributed by atoms with Crippen molar-refractivity contribution in [1.82, 2.24) is 4.90 Å². The van der Waals surface area contributed by atoms with Crippen molar-refractivity contribution >= 4 is 5.78 Å². The molecule has 0 amide bonds. The third-order valence-corrected chi connectivity index (χ3v) is 3.37. The van der Waals surface area contributed by atoms with Gasteiger partial charge >= 0.3 is 0 Å². The first-order chi connectivity index (χ1) is 8.58. The fraction of sp³-hybridized carbons (Fsp3) is 0.500. The lowest BCUT2D eigenvalue weighted by atomic mass is 9.98. The molecule has 1 fully saturated rings. The zero-order chi connectivity index (χ0) is 13.1. The van der Waals surface area contributed by atoms with E-state index in [4.69, 9.17) is 0 Å². The zero-order valence-corrected chi connectivity index (χ0v) is 10.5. The van der Waals surface area contributed by atoms with Gasteiger partial charge < -0.3 is 5.11 Å². The Kier molecular flexibility index (Phi) is 4.09. The Morgan fingerprint density at radius 2 is 2.28 bits per heavy atom. The van der Waals surface area contributed by atoms with Crippen molar-refractivity contribution in [2.75, 3.05) is 19.6 Å². The Labute approximate surface area is 106 Å². The van der Waals surface area contributed by atoms with E-state index in [2.05, 4.69) is 0 Å². The van der Waals surface area contributed by atoms with Gasteiger partial charge in [0.2, 0.25) is 0 Å². The van der Waals surface area contributed by atoms with Crippen molar-refractivity contribution in [2.45, 2.75) is 19.4 Å². The average Bonchev–Trinajstić information content (AvgIpc) is 2.74. The number of rotatable bonds is 4. The van der Waals surface area contributed by atoms with Crippen LogP contribution in [0.5, 0.6) is 0 Å². The first kappa shape index (κ1) is 13.2. The molecule has 2 unspecified atom stereocenters. The highest BCUT2D eigenvalue weighted by Crippen LogP contribution is 2.16. The maximum Gasteiger partial charge on any atom is 0.169 e. The quantitative estimate of drug-likeness (QED) is 0.828. The summed E-state index contributed by atoms with van der Waals surface area (Å²) in [5.41, 5.74) is 0.157. The van der Waals surface area contributed by atoms with E-state index in [0.29, 0.717) is 13.1 Å².